The number of hydrogen-bond donors (Lipinski definition) is 1. The number of methoxy groups -OCH3 is 2. The van der Waals surface area contributed by atoms with Crippen molar-refractivity contribution >= 4 is 0 Å². The van der Waals surface area contributed by atoms with E-state index in [1.807, 2.05) is 37.4 Å². The summed E-state index contributed by atoms with van der Waals surface area (Å²) in [5, 5.41) is 11.5. The Bertz CT molecular complexity index is 543. The molecule has 0 aliphatic heterocycles. The van der Waals surface area contributed by atoms with Gasteiger partial charge in [0.25, 0.3) is 0 Å². The summed E-state index contributed by atoms with van der Waals surface area (Å²) in [6, 6.07) is 11.9. The van der Waals surface area contributed by atoms with Gasteiger partial charge in [-0.3, -0.25) is 0 Å². The smallest absolute Gasteiger partial charge is 0.233 e. The molecule has 106 valence electrons. The highest BCUT2D eigenvalue weighted by Gasteiger charge is 2.13. The van der Waals surface area contributed by atoms with Gasteiger partial charge in [0.05, 0.1) is 26.0 Å². The Morgan fingerprint density at radius 1 is 1.10 bits per heavy atom. The normalized spacial score (nSPS) is 11.9. The van der Waals surface area contributed by atoms with E-state index in [1.165, 1.54) is 5.56 Å². The second kappa shape index (κ2) is 6.86. The van der Waals surface area contributed by atoms with Crippen molar-refractivity contribution in [2.75, 3.05) is 21.3 Å². The van der Waals surface area contributed by atoms with Crippen LogP contribution in [0.3, 0.4) is 0 Å². The van der Waals surface area contributed by atoms with Crippen LogP contribution in [0.15, 0.2) is 36.4 Å². The first-order valence-corrected chi connectivity index (χ1v) is 6.44. The summed E-state index contributed by atoms with van der Waals surface area (Å²) in [6.45, 7) is 0. The number of aromatic nitrogens is 2. The van der Waals surface area contributed by atoms with Crippen LogP contribution in [0, 0.1) is 0 Å². The van der Waals surface area contributed by atoms with E-state index in [0.717, 1.165) is 17.9 Å². The van der Waals surface area contributed by atoms with Crippen molar-refractivity contribution < 1.29 is 9.47 Å². The molecule has 0 fully saturated rings. The maximum absolute atomic E-state index is 5.24. The third kappa shape index (κ3) is 3.45. The van der Waals surface area contributed by atoms with E-state index in [2.05, 4.69) is 21.6 Å². The standard InChI is InChI=1S/C15H19N3O2/c1-16-14(13-7-8-15(20-3)18-17-13)10-11-5-4-6-12(9-11)19-2/h4-9,14,16H,10H2,1-3H3. The molecule has 1 heterocycles. The van der Waals surface area contributed by atoms with Crippen LogP contribution in [0.2, 0.25) is 0 Å². The van der Waals surface area contributed by atoms with Gasteiger partial charge in [0.1, 0.15) is 5.75 Å². The molecule has 5 nitrogen and oxygen atoms in total. The summed E-state index contributed by atoms with van der Waals surface area (Å²) >= 11 is 0. The van der Waals surface area contributed by atoms with Crippen molar-refractivity contribution in [2.24, 2.45) is 0 Å². The molecular weight excluding hydrogens is 254 g/mol. The summed E-state index contributed by atoms with van der Waals surface area (Å²) < 4.78 is 10.3. The first-order valence-electron chi connectivity index (χ1n) is 6.44. The zero-order chi connectivity index (χ0) is 14.4. The predicted molar refractivity (Wildman–Crippen MR) is 77.1 cm³/mol. The van der Waals surface area contributed by atoms with Gasteiger partial charge in [-0.25, -0.2) is 0 Å². The van der Waals surface area contributed by atoms with Gasteiger partial charge in [0.15, 0.2) is 0 Å². The maximum Gasteiger partial charge on any atom is 0.233 e. The summed E-state index contributed by atoms with van der Waals surface area (Å²) in [7, 11) is 5.16. The van der Waals surface area contributed by atoms with Crippen molar-refractivity contribution in [1.82, 2.24) is 15.5 Å². The van der Waals surface area contributed by atoms with Crippen molar-refractivity contribution in [3.8, 4) is 11.6 Å². The minimum atomic E-state index is 0.0977. The molecule has 0 amide bonds. The van der Waals surface area contributed by atoms with Crippen LogP contribution < -0.4 is 14.8 Å². The number of benzene rings is 1. The monoisotopic (exact) mass is 273 g/mol. The van der Waals surface area contributed by atoms with E-state index in [0.29, 0.717) is 5.88 Å². The first-order chi connectivity index (χ1) is 9.76. The number of rotatable bonds is 6. The number of ether oxygens (including phenoxy) is 2. The second-order valence-corrected chi connectivity index (χ2v) is 4.40. The van der Waals surface area contributed by atoms with Crippen molar-refractivity contribution in [3.63, 3.8) is 0 Å². The van der Waals surface area contributed by atoms with E-state index >= 15 is 0 Å². The van der Waals surface area contributed by atoms with Gasteiger partial charge < -0.3 is 14.8 Å². The Labute approximate surface area is 118 Å². The molecule has 1 aromatic heterocycles. The molecule has 1 unspecified atom stereocenters. The van der Waals surface area contributed by atoms with Gasteiger partial charge in [0, 0.05) is 6.07 Å². The van der Waals surface area contributed by atoms with Crippen LogP contribution in [0.4, 0.5) is 0 Å². The molecule has 20 heavy (non-hydrogen) atoms. The van der Waals surface area contributed by atoms with Gasteiger partial charge in [-0.05, 0) is 37.2 Å². The number of nitrogens with one attached hydrogen (secondary N) is 1. The molecule has 2 aromatic rings. The Balaban J connectivity index is 2.14. The van der Waals surface area contributed by atoms with Gasteiger partial charge in [0.2, 0.25) is 5.88 Å². The minimum Gasteiger partial charge on any atom is -0.497 e. The molecule has 0 saturated heterocycles. The SMILES string of the molecule is CNC(Cc1cccc(OC)c1)c1ccc(OC)nn1. The zero-order valence-electron chi connectivity index (χ0n) is 12.0. The van der Waals surface area contributed by atoms with Crippen LogP contribution in [0.5, 0.6) is 11.6 Å². The van der Waals surface area contributed by atoms with Gasteiger partial charge >= 0.3 is 0 Å². The van der Waals surface area contributed by atoms with Crippen LogP contribution in [-0.2, 0) is 6.42 Å². The molecule has 0 radical (unpaired) electrons. The second-order valence-electron chi connectivity index (χ2n) is 4.40. The van der Waals surface area contributed by atoms with Crippen molar-refractivity contribution in [2.45, 2.75) is 12.5 Å². The minimum absolute atomic E-state index is 0.0977. The van der Waals surface area contributed by atoms with Crippen LogP contribution in [0.1, 0.15) is 17.3 Å². The highest BCUT2D eigenvalue weighted by Crippen LogP contribution is 2.20. The molecule has 1 aromatic carbocycles. The average molecular weight is 273 g/mol. The quantitative estimate of drug-likeness (QED) is 0.872. The van der Waals surface area contributed by atoms with Crippen LogP contribution in [-0.4, -0.2) is 31.5 Å². The number of likely N-dealkylation sites (N-methyl/N-ethyl adjacent to an activating group) is 1. The molecule has 5 heteroatoms. The highest BCUT2D eigenvalue weighted by atomic mass is 16.5. The lowest BCUT2D eigenvalue weighted by Crippen LogP contribution is -2.20. The summed E-state index contributed by atoms with van der Waals surface area (Å²) in [5.74, 6) is 1.38. The molecule has 0 saturated carbocycles. The van der Waals surface area contributed by atoms with E-state index in [1.54, 1.807) is 14.2 Å². The predicted octanol–water partition coefficient (Wildman–Crippen LogP) is 2.00. The van der Waals surface area contributed by atoms with Crippen molar-refractivity contribution in [1.29, 1.82) is 0 Å². The maximum atomic E-state index is 5.24. The Morgan fingerprint density at radius 2 is 1.95 bits per heavy atom. The van der Waals surface area contributed by atoms with Crippen LogP contribution >= 0.6 is 0 Å². The molecule has 2 rings (SSSR count). The fraction of sp³-hybridized carbons (Fsp3) is 0.333. The first kappa shape index (κ1) is 14.3. The van der Waals surface area contributed by atoms with E-state index < -0.39 is 0 Å². The molecule has 0 aliphatic carbocycles. The molecular formula is C15H19N3O2. The van der Waals surface area contributed by atoms with Crippen molar-refractivity contribution in [3.05, 3.63) is 47.7 Å². The lowest BCUT2D eigenvalue weighted by molar-refractivity contribution is 0.389. The summed E-state index contributed by atoms with van der Waals surface area (Å²) in [5.41, 5.74) is 2.07. The van der Waals surface area contributed by atoms with Gasteiger partial charge in [-0.1, -0.05) is 12.1 Å². The topological polar surface area (TPSA) is 56.3 Å². The molecule has 0 aliphatic rings. The molecule has 1 N–H and O–H groups in total. The molecule has 0 spiro atoms. The Morgan fingerprint density at radius 3 is 2.55 bits per heavy atom. The Kier molecular flexibility index (Phi) is 4.90. The highest BCUT2D eigenvalue weighted by molar-refractivity contribution is 5.29. The van der Waals surface area contributed by atoms with Gasteiger partial charge in [-0.2, -0.15) is 5.10 Å². The number of nitrogens with zero attached hydrogens (tertiary/aromatic N) is 2. The lowest BCUT2D eigenvalue weighted by atomic mass is 10.0. The summed E-state index contributed by atoms with van der Waals surface area (Å²) in [6.07, 6.45) is 0.814. The van der Waals surface area contributed by atoms with E-state index in [9.17, 15) is 0 Å². The third-order valence-corrected chi connectivity index (χ3v) is 3.15. The third-order valence-electron chi connectivity index (χ3n) is 3.15. The van der Waals surface area contributed by atoms with E-state index in [4.69, 9.17) is 9.47 Å². The summed E-state index contributed by atoms with van der Waals surface area (Å²) in [4.78, 5) is 0. The van der Waals surface area contributed by atoms with Gasteiger partial charge in [-0.15, -0.1) is 5.10 Å². The number of hydrogen-bond acceptors (Lipinski definition) is 5. The van der Waals surface area contributed by atoms with E-state index in [-0.39, 0.29) is 6.04 Å². The average Bonchev–Trinajstić information content (AvgIpc) is 2.53. The fourth-order valence-corrected chi connectivity index (χ4v) is 2.01. The Hall–Kier alpha value is -2.14. The lowest BCUT2D eigenvalue weighted by Gasteiger charge is -2.15. The largest absolute Gasteiger partial charge is 0.497 e. The van der Waals surface area contributed by atoms with Crippen LogP contribution in [0.25, 0.3) is 0 Å². The molecule has 1 atom stereocenters. The zero-order valence-corrected chi connectivity index (χ0v) is 12.0. The fourth-order valence-electron chi connectivity index (χ4n) is 2.01. The molecule has 0 bridgehead atoms.